The Kier molecular flexibility index (Phi) is 16.4. The SMILES string of the molecule is O=S(=O)([O-])CCC(F)(F)C(F)(F)C(F)(F)C(F)(F)C(F)(F)C(F)(F)F.O=S(=O)([O-])CCC(F)(F)C(F)(F)C(F)(F)C(F)(F)C(F)(F)C(F)(F)F.[Ba+2]. The van der Waals surface area contributed by atoms with Gasteiger partial charge in [0.25, 0.3) is 0 Å². The molecule has 0 aromatic rings. The first kappa shape index (κ1) is 54.9. The molecule has 0 fully saturated rings. The van der Waals surface area contributed by atoms with Crippen molar-refractivity contribution in [2.24, 2.45) is 0 Å². The average molecular weight is 992 g/mol. The smallest absolute Gasteiger partial charge is 0.748 e. The van der Waals surface area contributed by atoms with Crippen molar-refractivity contribution in [3.8, 4) is 0 Å². The second kappa shape index (κ2) is 15.2. The molecule has 0 aliphatic rings. The average Bonchev–Trinajstić information content (AvgIpc) is 2.83. The van der Waals surface area contributed by atoms with Crippen LogP contribution in [0.25, 0.3) is 0 Å². The Balaban J connectivity index is -0.000000886. The Bertz CT molecular complexity index is 1290. The van der Waals surface area contributed by atoms with Gasteiger partial charge in [0, 0.05) is 24.3 Å². The van der Waals surface area contributed by atoms with E-state index in [4.69, 9.17) is 0 Å². The molecule has 0 N–H and O–H groups in total. The van der Waals surface area contributed by atoms with Crippen molar-refractivity contribution in [3.05, 3.63) is 0 Å². The summed E-state index contributed by atoms with van der Waals surface area (Å²) in [5.74, 6) is -81.1. The van der Waals surface area contributed by atoms with Crippen molar-refractivity contribution < 1.29 is 140 Å². The fourth-order valence-electron chi connectivity index (χ4n) is 2.42. The predicted octanol–water partition coefficient (Wildman–Crippen LogP) is 6.94. The van der Waals surface area contributed by atoms with E-state index in [9.17, 15) is 140 Å². The quantitative estimate of drug-likeness (QED) is 0.106. The summed E-state index contributed by atoms with van der Waals surface area (Å²) in [7, 11) is -11.5. The molecule has 0 saturated heterocycles. The van der Waals surface area contributed by atoms with E-state index < -0.39 is 116 Å². The van der Waals surface area contributed by atoms with Gasteiger partial charge in [0.15, 0.2) is 0 Å². The first-order valence-electron chi connectivity index (χ1n) is 10.7. The number of hydrogen-bond acceptors (Lipinski definition) is 6. The van der Waals surface area contributed by atoms with Gasteiger partial charge in [0.05, 0.1) is 20.2 Å². The Morgan fingerprint density at radius 3 is 0.608 bits per heavy atom. The van der Waals surface area contributed by atoms with Crippen LogP contribution in [-0.4, -0.2) is 158 Å². The van der Waals surface area contributed by atoms with Gasteiger partial charge in [0.2, 0.25) is 0 Å². The largest absolute Gasteiger partial charge is 2.00 e. The third-order valence-electron chi connectivity index (χ3n) is 5.33. The monoisotopic (exact) mass is 992 g/mol. The van der Waals surface area contributed by atoms with Crippen molar-refractivity contribution in [2.45, 2.75) is 84.4 Å². The van der Waals surface area contributed by atoms with Crippen LogP contribution in [0.15, 0.2) is 0 Å². The molecule has 0 bridgehead atoms. The zero-order chi connectivity index (χ0) is 41.8. The topological polar surface area (TPSA) is 114 Å². The van der Waals surface area contributed by atoms with Crippen LogP contribution in [0.3, 0.4) is 0 Å². The third-order valence-corrected chi connectivity index (χ3v) is 6.74. The molecule has 6 nitrogen and oxygen atoms in total. The standard InChI is InChI=1S/2C8H5F13O3S.Ba/c2*9-3(10,1-2-25(22,23)24)4(11,12)5(13,14)6(15,16)7(17,18)8(19,20)21;/h2*1-2H2,(H,22,23,24);/q;;+2/p-2. The molecule has 0 spiro atoms. The zero-order valence-electron chi connectivity index (χ0n) is 22.6. The summed E-state index contributed by atoms with van der Waals surface area (Å²) in [5, 5.41) is 0. The summed E-state index contributed by atoms with van der Waals surface area (Å²) in [5.41, 5.74) is 0. The fourth-order valence-corrected chi connectivity index (χ4v) is 3.44. The first-order chi connectivity index (χ1) is 20.9. The Morgan fingerprint density at radius 2 is 0.471 bits per heavy atom. The second-order valence-electron chi connectivity index (χ2n) is 9.02. The molecule has 0 unspecified atom stereocenters. The zero-order valence-corrected chi connectivity index (χ0v) is 28.7. The fraction of sp³-hybridized carbons (Fsp3) is 1.00. The summed E-state index contributed by atoms with van der Waals surface area (Å²) >= 11 is 0. The number of hydrogen-bond donors (Lipinski definition) is 0. The van der Waals surface area contributed by atoms with Gasteiger partial charge in [0.1, 0.15) is 0 Å². The van der Waals surface area contributed by atoms with Crippen molar-refractivity contribution in [3.63, 3.8) is 0 Å². The van der Waals surface area contributed by atoms with Crippen LogP contribution in [0.5, 0.6) is 0 Å². The van der Waals surface area contributed by atoms with E-state index in [1.807, 2.05) is 0 Å². The van der Waals surface area contributed by atoms with Crippen molar-refractivity contribution in [2.75, 3.05) is 11.5 Å². The van der Waals surface area contributed by atoms with Crippen molar-refractivity contribution >= 4 is 69.1 Å². The normalized spacial score (nSPS) is 15.9. The number of alkyl halides is 26. The molecule has 0 atom stereocenters. The van der Waals surface area contributed by atoms with Gasteiger partial charge in [-0.1, -0.05) is 0 Å². The molecule has 0 aromatic carbocycles. The van der Waals surface area contributed by atoms with E-state index in [1.54, 1.807) is 0 Å². The van der Waals surface area contributed by atoms with E-state index in [0.29, 0.717) is 0 Å². The predicted molar refractivity (Wildman–Crippen MR) is 106 cm³/mol. The van der Waals surface area contributed by atoms with E-state index in [0.717, 1.165) is 0 Å². The molecule has 304 valence electrons. The molecule has 0 saturated carbocycles. The first-order valence-corrected chi connectivity index (χ1v) is 13.9. The van der Waals surface area contributed by atoms with Gasteiger partial charge in [-0.2, -0.15) is 114 Å². The molecule has 0 aliphatic carbocycles. The van der Waals surface area contributed by atoms with Crippen LogP contribution in [0.2, 0.25) is 0 Å². The molecule has 0 radical (unpaired) electrons. The minimum absolute atomic E-state index is 0. The van der Waals surface area contributed by atoms with Gasteiger partial charge in [-0.25, -0.2) is 16.8 Å². The van der Waals surface area contributed by atoms with Crippen LogP contribution in [0.4, 0.5) is 114 Å². The van der Waals surface area contributed by atoms with Crippen molar-refractivity contribution in [1.82, 2.24) is 0 Å². The molecule has 0 aliphatic heterocycles. The number of rotatable bonds is 14. The van der Waals surface area contributed by atoms with Crippen LogP contribution in [-0.2, 0) is 20.2 Å². The van der Waals surface area contributed by atoms with Crippen LogP contribution < -0.4 is 0 Å². The molecule has 51 heavy (non-hydrogen) atoms. The van der Waals surface area contributed by atoms with Crippen LogP contribution >= 0.6 is 0 Å². The Hall–Kier alpha value is -0.429. The van der Waals surface area contributed by atoms with Gasteiger partial charge in [-0.3, -0.25) is 0 Å². The minimum Gasteiger partial charge on any atom is -0.748 e. The van der Waals surface area contributed by atoms with Crippen LogP contribution in [0.1, 0.15) is 12.8 Å². The maximum atomic E-state index is 13.0. The Morgan fingerprint density at radius 1 is 0.314 bits per heavy atom. The molecule has 0 amide bonds. The summed E-state index contributed by atoms with van der Waals surface area (Å²) in [6.07, 6.45) is -21.1. The molecule has 35 heteroatoms. The molecule has 0 heterocycles. The second-order valence-corrected chi connectivity index (χ2v) is 12.1. The van der Waals surface area contributed by atoms with E-state index >= 15 is 0 Å². The number of halogens is 26. The minimum atomic E-state index is -8.05. The maximum absolute atomic E-state index is 13.0. The van der Waals surface area contributed by atoms with Gasteiger partial charge >= 0.3 is 120 Å². The molecule has 0 rings (SSSR count). The summed E-state index contributed by atoms with van der Waals surface area (Å²) in [6, 6.07) is 0. The third kappa shape index (κ3) is 10.5. The maximum Gasteiger partial charge on any atom is 2.00 e. The summed E-state index contributed by atoms with van der Waals surface area (Å²) in [6.45, 7) is 0. The van der Waals surface area contributed by atoms with E-state index in [-0.39, 0.29) is 48.9 Å². The van der Waals surface area contributed by atoms with Crippen LogP contribution in [0, 0.1) is 0 Å². The summed E-state index contributed by atoms with van der Waals surface area (Å²) in [4.78, 5) is 0. The molecular formula is C16H8BaF26O6S2. The van der Waals surface area contributed by atoms with E-state index in [2.05, 4.69) is 0 Å². The van der Waals surface area contributed by atoms with Gasteiger partial charge in [-0.05, 0) is 0 Å². The van der Waals surface area contributed by atoms with Crippen molar-refractivity contribution in [1.29, 1.82) is 0 Å². The molecule has 0 aromatic heterocycles. The van der Waals surface area contributed by atoms with Gasteiger partial charge in [-0.15, -0.1) is 0 Å². The van der Waals surface area contributed by atoms with E-state index in [1.165, 1.54) is 0 Å². The Labute approximate surface area is 303 Å². The van der Waals surface area contributed by atoms with Gasteiger partial charge < -0.3 is 9.11 Å². The summed E-state index contributed by atoms with van der Waals surface area (Å²) < 4.78 is 387. The molecular weight excluding hydrogens is 984 g/mol.